The van der Waals surface area contributed by atoms with Gasteiger partial charge in [-0.3, -0.25) is 4.79 Å². The summed E-state index contributed by atoms with van der Waals surface area (Å²) in [4.78, 5) is 12.5. The van der Waals surface area contributed by atoms with Gasteiger partial charge in [-0.1, -0.05) is 30.5 Å². The number of carbonyl (C=O) groups is 1. The van der Waals surface area contributed by atoms with E-state index in [1.165, 1.54) is 6.07 Å². The van der Waals surface area contributed by atoms with Crippen molar-refractivity contribution in [3.8, 4) is 0 Å². The number of nitrogens with two attached hydrogens (primary N) is 1. The van der Waals surface area contributed by atoms with Crippen molar-refractivity contribution in [2.45, 2.75) is 51.1 Å². The second-order valence-electron chi connectivity index (χ2n) is 6.21. The number of halogens is 3. The van der Waals surface area contributed by atoms with E-state index in [9.17, 15) is 9.18 Å². The summed E-state index contributed by atoms with van der Waals surface area (Å²) >= 11 is 5.78. The Kier molecular flexibility index (Phi) is 6.65. The monoisotopic (exact) mass is 348 g/mol. The predicted molar refractivity (Wildman–Crippen MR) is 89.8 cm³/mol. The normalized spacial score (nSPS) is 26.0. The van der Waals surface area contributed by atoms with Gasteiger partial charge >= 0.3 is 0 Å². The zero-order valence-electron chi connectivity index (χ0n) is 12.9. The SMILES string of the molecule is CC(NC(=O)C1CCCCC1(C)N)c1ccc(F)c(Cl)c1.Cl. The lowest BCUT2D eigenvalue weighted by Crippen LogP contribution is -2.53. The van der Waals surface area contributed by atoms with Crippen molar-refractivity contribution in [1.29, 1.82) is 0 Å². The first-order valence-corrected chi connectivity index (χ1v) is 7.73. The van der Waals surface area contributed by atoms with Crippen LogP contribution in [0.5, 0.6) is 0 Å². The maximum absolute atomic E-state index is 13.2. The van der Waals surface area contributed by atoms with E-state index < -0.39 is 11.4 Å². The lowest BCUT2D eigenvalue weighted by atomic mass is 9.74. The molecule has 1 aromatic rings. The van der Waals surface area contributed by atoms with Crippen LogP contribution in [0, 0.1) is 11.7 Å². The predicted octanol–water partition coefficient (Wildman–Crippen LogP) is 3.99. The molecule has 1 aromatic carbocycles. The Bertz CT molecular complexity index is 537. The summed E-state index contributed by atoms with van der Waals surface area (Å²) < 4.78 is 13.2. The minimum atomic E-state index is -0.458. The van der Waals surface area contributed by atoms with Crippen LogP contribution in [0.25, 0.3) is 0 Å². The van der Waals surface area contributed by atoms with Gasteiger partial charge in [0, 0.05) is 5.54 Å². The van der Waals surface area contributed by atoms with Gasteiger partial charge in [-0.05, 0) is 44.4 Å². The molecule has 0 aromatic heterocycles. The van der Waals surface area contributed by atoms with Crippen LogP contribution >= 0.6 is 24.0 Å². The molecule has 3 atom stereocenters. The third-order valence-electron chi connectivity index (χ3n) is 4.37. The molecule has 1 saturated carbocycles. The smallest absolute Gasteiger partial charge is 0.225 e. The molecular weight excluding hydrogens is 326 g/mol. The van der Waals surface area contributed by atoms with E-state index in [0.717, 1.165) is 31.2 Å². The average molecular weight is 349 g/mol. The molecule has 3 nitrogen and oxygen atoms in total. The van der Waals surface area contributed by atoms with Gasteiger partial charge in [-0.15, -0.1) is 12.4 Å². The number of benzene rings is 1. The molecule has 0 spiro atoms. The molecule has 1 aliphatic carbocycles. The van der Waals surface area contributed by atoms with Gasteiger partial charge in [0.25, 0.3) is 0 Å². The van der Waals surface area contributed by atoms with Crippen molar-refractivity contribution < 1.29 is 9.18 Å². The third kappa shape index (κ3) is 4.34. The number of rotatable bonds is 3. The van der Waals surface area contributed by atoms with Gasteiger partial charge in [-0.25, -0.2) is 4.39 Å². The van der Waals surface area contributed by atoms with Gasteiger partial charge in [0.05, 0.1) is 17.0 Å². The van der Waals surface area contributed by atoms with Crippen LogP contribution in [0.3, 0.4) is 0 Å². The second kappa shape index (κ2) is 7.62. The molecule has 2 rings (SSSR count). The molecule has 0 bridgehead atoms. The molecule has 6 heteroatoms. The molecule has 1 fully saturated rings. The molecule has 1 aliphatic rings. The van der Waals surface area contributed by atoms with Crippen LogP contribution in [0.15, 0.2) is 18.2 Å². The van der Waals surface area contributed by atoms with Crippen molar-refractivity contribution in [1.82, 2.24) is 5.32 Å². The minimum absolute atomic E-state index is 0. The lowest BCUT2D eigenvalue weighted by Gasteiger charge is -2.37. The third-order valence-corrected chi connectivity index (χ3v) is 4.66. The van der Waals surface area contributed by atoms with Gasteiger partial charge < -0.3 is 11.1 Å². The molecule has 0 aliphatic heterocycles. The van der Waals surface area contributed by atoms with Gasteiger partial charge in [-0.2, -0.15) is 0 Å². The summed E-state index contributed by atoms with van der Waals surface area (Å²) in [5, 5.41) is 3.03. The molecule has 0 heterocycles. The molecular formula is C16H23Cl2FN2O. The fraction of sp³-hybridized carbons (Fsp3) is 0.562. The van der Waals surface area contributed by atoms with E-state index in [0.29, 0.717) is 0 Å². The summed E-state index contributed by atoms with van der Waals surface area (Å²) in [7, 11) is 0. The van der Waals surface area contributed by atoms with Crippen LogP contribution < -0.4 is 11.1 Å². The Morgan fingerprint density at radius 1 is 1.50 bits per heavy atom. The highest BCUT2D eigenvalue weighted by Gasteiger charge is 2.38. The topological polar surface area (TPSA) is 55.1 Å². The Labute approximate surface area is 142 Å². The summed E-state index contributed by atoms with van der Waals surface area (Å²) in [6.07, 6.45) is 3.78. The highest BCUT2D eigenvalue weighted by Crippen LogP contribution is 2.32. The zero-order valence-corrected chi connectivity index (χ0v) is 14.4. The Morgan fingerprint density at radius 2 is 2.18 bits per heavy atom. The average Bonchev–Trinajstić information content (AvgIpc) is 2.41. The minimum Gasteiger partial charge on any atom is -0.349 e. The highest BCUT2D eigenvalue weighted by atomic mass is 35.5. The highest BCUT2D eigenvalue weighted by molar-refractivity contribution is 6.30. The first-order chi connectivity index (χ1) is 9.81. The largest absolute Gasteiger partial charge is 0.349 e. The first kappa shape index (κ1) is 19.2. The lowest BCUT2D eigenvalue weighted by molar-refractivity contribution is -0.128. The van der Waals surface area contributed by atoms with E-state index in [4.69, 9.17) is 17.3 Å². The van der Waals surface area contributed by atoms with Crippen molar-refractivity contribution in [3.05, 3.63) is 34.6 Å². The van der Waals surface area contributed by atoms with Crippen LogP contribution in [0.2, 0.25) is 5.02 Å². The van der Waals surface area contributed by atoms with Crippen LogP contribution in [-0.2, 0) is 4.79 Å². The van der Waals surface area contributed by atoms with E-state index in [1.807, 2.05) is 13.8 Å². The number of nitrogens with one attached hydrogen (secondary N) is 1. The maximum Gasteiger partial charge on any atom is 0.225 e. The molecule has 124 valence electrons. The van der Waals surface area contributed by atoms with E-state index in [-0.39, 0.29) is 35.3 Å². The van der Waals surface area contributed by atoms with Crippen molar-refractivity contribution in [2.75, 3.05) is 0 Å². The molecule has 3 N–H and O–H groups in total. The van der Waals surface area contributed by atoms with Crippen molar-refractivity contribution >= 4 is 29.9 Å². The fourth-order valence-electron chi connectivity index (χ4n) is 2.97. The van der Waals surface area contributed by atoms with Gasteiger partial charge in [0.1, 0.15) is 5.82 Å². The first-order valence-electron chi connectivity index (χ1n) is 7.35. The Morgan fingerprint density at radius 3 is 2.77 bits per heavy atom. The quantitative estimate of drug-likeness (QED) is 0.867. The number of amides is 1. The summed E-state index contributed by atoms with van der Waals surface area (Å²) in [6.45, 7) is 3.80. The van der Waals surface area contributed by atoms with E-state index in [1.54, 1.807) is 12.1 Å². The van der Waals surface area contributed by atoms with Gasteiger partial charge in [0.2, 0.25) is 5.91 Å². The maximum atomic E-state index is 13.2. The summed E-state index contributed by atoms with van der Waals surface area (Å²) in [6, 6.07) is 4.26. The number of hydrogen-bond acceptors (Lipinski definition) is 2. The summed E-state index contributed by atoms with van der Waals surface area (Å²) in [5.74, 6) is -0.668. The Balaban J connectivity index is 0.00000242. The molecule has 0 radical (unpaired) electrons. The molecule has 22 heavy (non-hydrogen) atoms. The summed E-state index contributed by atoms with van der Waals surface area (Å²) in [5.41, 5.74) is 6.58. The molecule has 0 saturated heterocycles. The van der Waals surface area contributed by atoms with Crippen LogP contribution in [0.4, 0.5) is 4.39 Å². The van der Waals surface area contributed by atoms with E-state index in [2.05, 4.69) is 5.32 Å². The molecule has 1 amide bonds. The number of hydrogen-bond donors (Lipinski definition) is 2. The zero-order chi connectivity index (χ0) is 15.6. The van der Waals surface area contributed by atoms with Crippen molar-refractivity contribution in [3.63, 3.8) is 0 Å². The van der Waals surface area contributed by atoms with Gasteiger partial charge in [0.15, 0.2) is 0 Å². The van der Waals surface area contributed by atoms with Crippen LogP contribution in [-0.4, -0.2) is 11.4 Å². The van der Waals surface area contributed by atoms with Crippen molar-refractivity contribution in [2.24, 2.45) is 11.7 Å². The fourth-order valence-corrected chi connectivity index (χ4v) is 3.16. The standard InChI is InChI=1S/C16H22ClFN2O.ClH/c1-10(11-6-7-14(18)13(17)9-11)20-15(21)12-5-3-4-8-16(12,2)19;/h6-7,9-10,12H,3-5,8,19H2,1-2H3,(H,20,21);1H. The van der Waals surface area contributed by atoms with Crippen LogP contribution in [0.1, 0.15) is 51.1 Å². The Hall–Kier alpha value is -0.840. The molecule has 3 unspecified atom stereocenters. The second-order valence-corrected chi connectivity index (χ2v) is 6.62. The van der Waals surface area contributed by atoms with E-state index >= 15 is 0 Å². The number of carbonyl (C=O) groups excluding carboxylic acids is 1.